The summed E-state index contributed by atoms with van der Waals surface area (Å²) in [5.74, 6) is 1.48. The number of nitrogens with one attached hydrogen (secondary N) is 1. The fraction of sp³-hybridized carbons (Fsp3) is 0.125. The average molecular weight is 271 g/mol. The number of halogens is 1. The molecule has 2 aromatic rings. The van der Waals surface area contributed by atoms with E-state index in [0.29, 0.717) is 5.82 Å². The zero-order valence-electron chi connectivity index (χ0n) is 7.36. The number of rotatable bonds is 2. The van der Waals surface area contributed by atoms with Crippen LogP contribution in [0.3, 0.4) is 0 Å². The Labute approximate surface area is 93.6 Å². The van der Waals surface area contributed by atoms with E-state index in [-0.39, 0.29) is 0 Å². The summed E-state index contributed by atoms with van der Waals surface area (Å²) in [6.07, 6.45) is 3.49. The van der Waals surface area contributed by atoms with Crippen molar-refractivity contribution in [2.45, 2.75) is 0 Å². The molecule has 0 fully saturated rings. The van der Waals surface area contributed by atoms with Gasteiger partial charge in [0, 0.05) is 19.4 Å². The highest BCUT2D eigenvalue weighted by Gasteiger charge is 2.06. The molecule has 0 amide bonds. The van der Waals surface area contributed by atoms with Gasteiger partial charge in [-0.3, -0.25) is 4.98 Å². The van der Waals surface area contributed by atoms with Gasteiger partial charge in [0.25, 0.3) is 0 Å². The first kappa shape index (κ1) is 9.54. The van der Waals surface area contributed by atoms with Crippen molar-refractivity contribution in [2.24, 2.45) is 0 Å². The smallest absolute Gasteiger partial charge is 0.173 e. The highest BCUT2D eigenvalue weighted by molar-refractivity contribution is 9.10. The van der Waals surface area contributed by atoms with E-state index in [1.165, 1.54) is 11.3 Å². The number of hydrogen-bond acceptors (Lipinski definition) is 5. The second-order valence-corrected chi connectivity index (χ2v) is 4.25. The first-order chi connectivity index (χ1) is 6.81. The van der Waals surface area contributed by atoms with Gasteiger partial charge in [0.2, 0.25) is 0 Å². The van der Waals surface area contributed by atoms with Crippen LogP contribution in [0.5, 0.6) is 0 Å². The lowest BCUT2D eigenvalue weighted by Gasteiger charge is -2.02. The fourth-order valence-corrected chi connectivity index (χ4v) is 1.94. The molecule has 14 heavy (non-hydrogen) atoms. The normalized spacial score (nSPS) is 10.1. The Balaban J connectivity index is 2.46. The Kier molecular flexibility index (Phi) is 2.74. The minimum Gasteiger partial charge on any atom is -0.372 e. The van der Waals surface area contributed by atoms with Gasteiger partial charge in [-0.15, -0.1) is 11.3 Å². The van der Waals surface area contributed by atoms with E-state index in [2.05, 4.69) is 36.2 Å². The van der Waals surface area contributed by atoms with Crippen molar-refractivity contribution in [1.29, 1.82) is 0 Å². The summed E-state index contributed by atoms with van der Waals surface area (Å²) in [6.45, 7) is 0. The van der Waals surface area contributed by atoms with Gasteiger partial charge in [0.15, 0.2) is 5.82 Å². The molecular weight excluding hydrogens is 264 g/mol. The summed E-state index contributed by atoms with van der Waals surface area (Å²) >= 11 is 4.88. The third-order valence-electron chi connectivity index (χ3n) is 1.63. The predicted octanol–water partition coefficient (Wildman–Crippen LogP) is 2.40. The van der Waals surface area contributed by atoms with Crippen LogP contribution in [0.4, 0.5) is 5.82 Å². The Morgan fingerprint density at radius 1 is 1.43 bits per heavy atom. The molecule has 2 heterocycles. The molecule has 0 unspecified atom stereocenters. The Hall–Kier alpha value is -1.01. The van der Waals surface area contributed by atoms with E-state index in [4.69, 9.17) is 0 Å². The molecule has 4 nitrogen and oxygen atoms in total. The number of anilines is 1. The summed E-state index contributed by atoms with van der Waals surface area (Å²) in [4.78, 5) is 13.5. The Morgan fingerprint density at radius 3 is 2.93 bits per heavy atom. The molecule has 0 aromatic carbocycles. The van der Waals surface area contributed by atoms with Crippen LogP contribution < -0.4 is 5.32 Å². The lowest BCUT2D eigenvalue weighted by Crippen LogP contribution is -1.96. The zero-order valence-corrected chi connectivity index (χ0v) is 9.76. The molecule has 0 aliphatic rings. The minimum absolute atomic E-state index is 0.694. The van der Waals surface area contributed by atoms with Gasteiger partial charge in [-0.2, -0.15) is 0 Å². The van der Waals surface area contributed by atoms with Gasteiger partial charge < -0.3 is 5.32 Å². The first-order valence-electron chi connectivity index (χ1n) is 3.90. The predicted molar refractivity (Wildman–Crippen MR) is 60.4 cm³/mol. The van der Waals surface area contributed by atoms with Crippen molar-refractivity contribution in [3.63, 3.8) is 0 Å². The van der Waals surface area contributed by atoms with Crippen LogP contribution >= 0.6 is 27.3 Å². The molecule has 0 radical (unpaired) electrons. The monoisotopic (exact) mass is 270 g/mol. The van der Waals surface area contributed by atoms with Crippen molar-refractivity contribution in [1.82, 2.24) is 15.0 Å². The topological polar surface area (TPSA) is 50.7 Å². The van der Waals surface area contributed by atoms with Crippen LogP contribution in [0.1, 0.15) is 0 Å². The molecule has 0 saturated heterocycles. The van der Waals surface area contributed by atoms with E-state index < -0.39 is 0 Å². The zero-order chi connectivity index (χ0) is 9.97. The summed E-state index contributed by atoms with van der Waals surface area (Å²) in [6, 6.07) is 0. The highest BCUT2D eigenvalue weighted by atomic mass is 79.9. The van der Waals surface area contributed by atoms with Crippen LogP contribution in [-0.2, 0) is 0 Å². The van der Waals surface area contributed by atoms with Crippen molar-refractivity contribution >= 4 is 33.1 Å². The van der Waals surface area contributed by atoms with Crippen molar-refractivity contribution < 1.29 is 0 Å². The van der Waals surface area contributed by atoms with Crippen LogP contribution in [0, 0.1) is 0 Å². The summed E-state index contributed by atoms with van der Waals surface area (Å²) < 4.78 is 0.855. The van der Waals surface area contributed by atoms with Crippen LogP contribution in [0.2, 0.25) is 0 Å². The van der Waals surface area contributed by atoms with Crippen molar-refractivity contribution in [3.8, 4) is 10.7 Å². The van der Waals surface area contributed by atoms with Gasteiger partial charge in [-0.25, -0.2) is 9.97 Å². The van der Waals surface area contributed by atoms with E-state index >= 15 is 0 Å². The lowest BCUT2D eigenvalue weighted by molar-refractivity contribution is 1.16. The molecule has 0 aliphatic heterocycles. The second kappa shape index (κ2) is 4.02. The standard InChI is InChI=1S/C8H7BrN4S/c1-10-7-5(9)2-12-8(13-7)6-3-11-4-14-6/h2-4H,1H3,(H,10,12,13). The number of aromatic nitrogens is 3. The quantitative estimate of drug-likeness (QED) is 0.911. The van der Waals surface area contributed by atoms with Gasteiger partial charge in [0.05, 0.1) is 14.9 Å². The number of nitrogens with zero attached hydrogens (tertiary/aromatic N) is 3. The van der Waals surface area contributed by atoms with E-state index in [1.807, 2.05) is 7.05 Å². The molecule has 2 aromatic heterocycles. The maximum absolute atomic E-state index is 4.33. The Bertz CT molecular complexity index is 429. The SMILES string of the molecule is CNc1nc(-c2cncs2)ncc1Br. The molecule has 0 saturated carbocycles. The third-order valence-corrected chi connectivity index (χ3v) is 2.98. The van der Waals surface area contributed by atoms with Gasteiger partial charge in [-0.05, 0) is 15.9 Å². The molecule has 0 bridgehead atoms. The molecule has 6 heteroatoms. The summed E-state index contributed by atoms with van der Waals surface area (Å²) in [5, 5.41) is 2.98. The van der Waals surface area contributed by atoms with Crippen LogP contribution in [0.25, 0.3) is 10.7 Å². The number of hydrogen-bond donors (Lipinski definition) is 1. The molecule has 1 N–H and O–H groups in total. The van der Waals surface area contributed by atoms with Crippen molar-refractivity contribution in [3.05, 3.63) is 22.4 Å². The fourth-order valence-electron chi connectivity index (χ4n) is 0.987. The highest BCUT2D eigenvalue weighted by Crippen LogP contribution is 2.24. The average Bonchev–Trinajstić information content (AvgIpc) is 2.71. The summed E-state index contributed by atoms with van der Waals surface area (Å²) in [7, 11) is 1.82. The molecule has 72 valence electrons. The molecule has 0 spiro atoms. The van der Waals surface area contributed by atoms with E-state index in [9.17, 15) is 0 Å². The third kappa shape index (κ3) is 1.76. The molecule has 0 aliphatic carbocycles. The maximum atomic E-state index is 4.33. The first-order valence-corrected chi connectivity index (χ1v) is 5.57. The maximum Gasteiger partial charge on any atom is 0.173 e. The van der Waals surface area contributed by atoms with Gasteiger partial charge in [0.1, 0.15) is 5.82 Å². The van der Waals surface area contributed by atoms with E-state index in [0.717, 1.165) is 15.2 Å². The molecule has 0 atom stereocenters. The van der Waals surface area contributed by atoms with Crippen LogP contribution in [0.15, 0.2) is 22.4 Å². The number of thiazole rings is 1. The minimum atomic E-state index is 0.694. The van der Waals surface area contributed by atoms with Crippen molar-refractivity contribution in [2.75, 3.05) is 12.4 Å². The van der Waals surface area contributed by atoms with Gasteiger partial charge in [-0.1, -0.05) is 0 Å². The Morgan fingerprint density at radius 2 is 2.29 bits per heavy atom. The second-order valence-electron chi connectivity index (χ2n) is 2.51. The molecular formula is C8H7BrN4S. The summed E-state index contributed by atoms with van der Waals surface area (Å²) in [5.41, 5.74) is 1.76. The lowest BCUT2D eigenvalue weighted by atomic mass is 10.5. The van der Waals surface area contributed by atoms with Crippen LogP contribution in [-0.4, -0.2) is 22.0 Å². The largest absolute Gasteiger partial charge is 0.372 e. The molecule has 2 rings (SSSR count). The van der Waals surface area contributed by atoms with E-state index in [1.54, 1.807) is 17.9 Å². The van der Waals surface area contributed by atoms with Gasteiger partial charge >= 0.3 is 0 Å².